The molecule has 0 radical (unpaired) electrons. The molecule has 0 amide bonds. The van der Waals surface area contributed by atoms with Crippen LogP contribution in [0.25, 0.3) is 0 Å². The second kappa shape index (κ2) is 4.23. The zero-order chi connectivity index (χ0) is 12.7. The van der Waals surface area contributed by atoms with Crippen molar-refractivity contribution in [1.82, 2.24) is 0 Å². The third kappa shape index (κ3) is 2.79. The van der Waals surface area contributed by atoms with Crippen molar-refractivity contribution in [3.05, 3.63) is 35.9 Å². The molecule has 1 heterocycles. The summed E-state index contributed by atoms with van der Waals surface area (Å²) in [5.41, 5.74) is 1.07. The highest BCUT2D eigenvalue weighted by molar-refractivity contribution is 6.69. The fraction of sp³-hybridized carbons (Fsp3) is 0.571. The van der Waals surface area contributed by atoms with Crippen LogP contribution in [0.1, 0.15) is 25.5 Å². The first-order valence-electron chi connectivity index (χ1n) is 6.23. The highest BCUT2D eigenvalue weighted by atomic mass is 28.4. The summed E-state index contributed by atoms with van der Waals surface area (Å²) in [4.78, 5) is 0. The summed E-state index contributed by atoms with van der Waals surface area (Å²) in [7, 11) is -1.58. The Labute approximate surface area is 105 Å². The predicted molar refractivity (Wildman–Crippen MR) is 72.6 cm³/mol. The number of benzene rings is 1. The number of rotatable bonds is 4. The molecule has 1 unspecified atom stereocenters. The van der Waals surface area contributed by atoms with Gasteiger partial charge in [0.15, 0.2) is 8.32 Å². The van der Waals surface area contributed by atoms with Crippen molar-refractivity contribution >= 4 is 8.32 Å². The van der Waals surface area contributed by atoms with Gasteiger partial charge in [-0.2, -0.15) is 0 Å². The minimum atomic E-state index is -1.58. The Morgan fingerprint density at radius 1 is 1.24 bits per heavy atom. The zero-order valence-electron chi connectivity index (χ0n) is 11.4. The normalized spacial score (nSPS) is 30.1. The van der Waals surface area contributed by atoms with Gasteiger partial charge in [0.1, 0.15) is 11.7 Å². The van der Waals surface area contributed by atoms with E-state index >= 15 is 0 Å². The molecule has 3 heteroatoms. The smallest absolute Gasteiger partial charge is 0.184 e. The second-order valence-electron chi connectivity index (χ2n) is 5.96. The molecule has 2 nitrogen and oxygen atoms in total. The molecule has 2 rings (SSSR count). The van der Waals surface area contributed by atoms with E-state index in [1.54, 1.807) is 0 Å². The largest absolute Gasteiger partial charge is 0.408 e. The summed E-state index contributed by atoms with van der Waals surface area (Å²) in [6, 6.07) is 10.4. The highest BCUT2D eigenvalue weighted by Crippen LogP contribution is 2.48. The molecule has 3 atom stereocenters. The van der Waals surface area contributed by atoms with Gasteiger partial charge in [-0.1, -0.05) is 30.3 Å². The zero-order valence-corrected chi connectivity index (χ0v) is 12.4. The maximum Gasteiger partial charge on any atom is 0.184 e. The molecule has 0 saturated carbocycles. The van der Waals surface area contributed by atoms with Gasteiger partial charge in [0.2, 0.25) is 0 Å². The van der Waals surface area contributed by atoms with E-state index in [4.69, 9.17) is 9.16 Å². The van der Waals surface area contributed by atoms with Crippen LogP contribution >= 0.6 is 0 Å². The molecule has 0 N–H and O–H groups in total. The molecule has 0 bridgehead atoms. The molecule has 1 aliphatic rings. The van der Waals surface area contributed by atoms with Crippen LogP contribution in [0.3, 0.4) is 0 Å². The Kier molecular flexibility index (Phi) is 3.19. The van der Waals surface area contributed by atoms with Crippen LogP contribution in [0, 0.1) is 0 Å². The van der Waals surface area contributed by atoms with Crippen LogP contribution in [0.4, 0.5) is 0 Å². The minimum Gasteiger partial charge on any atom is -0.408 e. The monoisotopic (exact) mass is 250 g/mol. The van der Waals surface area contributed by atoms with Crippen molar-refractivity contribution in [3.63, 3.8) is 0 Å². The molecule has 0 aromatic heterocycles. The minimum absolute atomic E-state index is 0.0605. The SMILES string of the molecule is C[C@H]1O[C@@]1(C)C(O[Si](C)(C)C)c1ccccc1. The molecule has 94 valence electrons. The molecule has 17 heavy (non-hydrogen) atoms. The summed E-state index contributed by atoms with van der Waals surface area (Å²) >= 11 is 0. The quantitative estimate of drug-likeness (QED) is 0.599. The number of hydrogen-bond donors (Lipinski definition) is 0. The van der Waals surface area contributed by atoms with Crippen LogP contribution in [-0.4, -0.2) is 20.0 Å². The maximum atomic E-state index is 6.34. The molecule has 1 saturated heterocycles. The molecule has 0 spiro atoms. The maximum absolute atomic E-state index is 6.34. The van der Waals surface area contributed by atoms with Crippen molar-refractivity contribution < 1.29 is 9.16 Å². The molecule has 1 aliphatic heterocycles. The first-order valence-corrected chi connectivity index (χ1v) is 9.64. The molecule has 1 aromatic carbocycles. The first kappa shape index (κ1) is 12.8. The summed E-state index contributed by atoms with van der Waals surface area (Å²) < 4.78 is 12.1. The Morgan fingerprint density at radius 2 is 1.76 bits per heavy atom. The van der Waals surface area contributed by atoms with Gasteiger partial charge >= 0.3 is 0 Å². The fourth-order valence-electron chi connectivity index (χ4n) is 2.12. The molecule has 1 aromatic rings. The summed E-state index contributed by atoms with van der Waals surface area (Å²) in [6.07, 6.45) is 0.342. The first-order chi connectivity index (χ1) is 7.83. The van der Waals surface area contributed by atoms with E-state index in [-0.39, 0.29) is 17.8 Å². The number of hydrogen-bond acceptors (Lipinski definition) is 2. The van der Waals surface area contributed by atoms with E-state index in [2.05, 4.69) is 57.8 Å². The number of epoxide rings is 1. The van der Waals surface area contributed by atoms with E-state index in [0.29, 0.717) is 0 Å². The van der Waals surface area contributed by atoms with E-state index in [0.717, 1.165) is 0 Å². The van der Waals surface area contributed by atoms with Crippen molar-refractivity contribution in [2.45, 2.75) is 51.3 Å². The lowest BCUT2D eigenvalue weighted by Crippen LogP contribution is -2.34. The lowest BCUT2D eigenvalue weighted by molar-refractivity contribution is 0.101. The van der Waals surface area contributed by atoms with Gasteiger partial charge in [-0.25, -0.2) is 0 Å². The fourth-order valence-corrected chi connectivity index (χ4v) is 3.20. The molecule has 0 aliphatic carbocycles. The third-order valence-corrected chi connectivity index (χ3v) is 4.22. The van der Waals surface area contributed by atoms with Gasteiger partial charge in [-0.05, 0) is 39.1 Å². The molecular formula is C14H22O2Si. The van der Waals surface area contributed by atoms with Gasteiger partial charge in [-0.3, -0.25) is 0 Å². The van der Waals surface area contributed by atoms with Gasteiger partial charge in [0.05, 0.1) is 6.10 Å². The van der Waals surface area contributed by atoms with Gasteiger partial charge in [0.25, 0.3) is 0 Å². The molecule has 1 fully saturated rings. The van der Waals surface area contributed by atoms with Crippen molar-refractivity contribution in [1.29, 1.82) is 0 Å². The van der Waals surface area contributed by atoms with Gasteiger partial charge in [0, 0.05) is 0 Å². The Balaban J connectivity index is 2.26. The summed E-state index contributed by atoms with van der Waals surface area (Å²) in [5, 5.41) is 0. The molecular weight excluding hydrogens is 228 g/mol. The highest BCUT2D eigenvalue weighted by Gasteiger charge is 2.56. The van der Waals surface area contributed by atoms with Crippen molar-refractivity contribution in [3.8, 4) is 0 Å². The van der Waals surface area contributed by atoms with E-state index in [1.807, 2.05) is 6.07 Å². The van der Waals surface area contributed by atoms with Crippen LogP contribution in [0.5, 0.6) is 0 Å². The Morgan fingerprint density at radius 3 is 2.18 bits per heavy atom. The van der Waals surface area contributed by atoms with Crippen molar-refractivity contribution in [2.75, 3.05) is 0 Å². The van der Waals surface area contributed by atoms with Gasteiger partial charge < -0.3 is 9.16 Å². The van der Waals surface area contributed by atoms with Crippen LogP contribution in [-0.2, 0) is 9.16 Å². The topological polar surface area (TPSA) is 21.8 Å². The number of ether oxygens (including phenoxy) is 1. The van der Waals surface area contributed by atoms with Crippen LogP contribution in [0.15, 0.2) is 30.3 Å². The van der Waals surface area contributed by atoms with E-state index < -0.39 is 8.32 Å². The Hall–Kier alpha value is -0.643. The lowest BCUT2D eigenvalue weighted by atomic mass is 9.95. The van der Waals surface area contributed by atoms with E-state index in [1.165, 1.54) is 5.56 Å². The second-order valence-corrected chi connectivity index (χ2v) is 10.4. The summed E-state index contributed by atoms with van der Waals surface area (Å²) in [5.74, 6) is 0. The standard InChI is InChI=1S/C14H22O2Si/c1-11-14(2,15-11)13(16-17(3,4)5)12-9-7-6-8-10-12/h6-11,13H,1-5H3/t11-,13?,14-/m1/s1. The average Bonchev–Trinajstić information content (AvgIpc) is 2.85. The average molecular weight is 250 g/mol. The van der Waals surface area contributed by atoms with Crippen LogP contribution in [0.2, 0.25) is 19.6 Å². The van der Waals surface area contributed by atoms with Crippen LogP contribution < -0.4 is 0 Å². The Bertz CT molecular complexity index is 385. The van der Waals surface area contributed by atoms with E-state index in [9.17, 15) is 0 Å². The summed E-state index contributed by atoms with van der Waals surface area (Å²) in [6.45, 7) is 10.9. The third-order valence-electron chi connectivity index (χ3n) is 3.28. The van der Waals surface area contributed by atoms with Crippen molar-refractivity contribution in [2.24, 2.45) is 0 Å². The predicted octanol–water partition coefficient (Wildman–Crippen LogP) is 3.76. The lowest BCUT2D eigenvalue weighted by Gasteiger charge is -2.30. The van der Waals surface area contributed by atoms with Gasteiger partial charge in [-0.15, -0.1) is 0 Å².